The number of imidazole rings is 1. The Kier molecular flexibility index (Phi) is 3.52. The highest BCUT2D eigenvalue weighted by Crippen LogP contribution is 2.36. The van der Waals surface area contributed by atoms with Crippen molar-refractivity contribution in [2.75, 3.05) is 0 Å². The normalized spacial score (nSPS) is 15.4. The number of H-pyrrole nitrogens is 1. The summed E-state index contributed by atoms with van der Waals surface area (Å²) in [6, 6.07) is 8.27. The summed E-state index contributed by atoms with van der Waals surface area (Å²) < 4.78 is 13.9. The van der Waals surface area contributed by atoms with Crippen LogP contribution in [0.2, 0.25) is 0 Å². The van der Waals surface area contributed by atoms with Gasteiger partial charge in [0.15, 0.2) is 0 Å². The summed E-state index contributed by atoms with van der Waals surface area (Å²) in [7, 11) is 0. The second kappa shape index (κ2) is 5.70. The van der Waals surface area contributed by atoms with Gasteiger partial charge in [-0.2, -0.15) is 0 Å². The van der Waals surface area contributed by atoms with Gasteiger partial charge in [0.2, 0.25) is 0 Å². The Hall–Kier alpha value is -2.76. The Balaban J connectivity index is 1.76. The lowest BCUT2D eigenvalue weighted by Gasteiger charge is -2.29. The van der Waals surface area contributed by atoms with Crippen LogP contribution in [-0.4, -0.2) is 31.8 Å². The van der Waals surface area contributed by atoms with Crippen molar-refractivity contribution in [2.24, 2.45) is 0 Å². The van der Waals surface area contributed by atoms with Gasteiger partial charge in [0, 0.05) is 12.2 Å². The monoisotopic (exact) mass is 324 g/mol. The predicted octanol–water partition coefficient (Wildman–Crippen LogP) is 3.46. The number of hydrogen-bond acceptors (Lipinski definition) is 3. The number of aromatic amines is 1. The van der Waals surface area contributed by atoms with Crippen LogP contribution in [0.15, 0.2) is 42.9 Å². The first-order valence-corrected chi connectivity index (χ1v) is 8.01. The minimum absolute atomic E-state index is 0.173. The van der Waals surface area contributed by atoms with Crippen LogP contribution < -0.4 is 0 Å². The number of carbonyl (C=O) groups excluding carboxylic acids is 1. The molecule has 1 aliphatic carbocycles. The van der Waals surface area contributed by atoms with Gasteiger partial charge in [0.1, 0.15) is 11.3 Å². The Morgan fingerprint density at radius 2 is 2.17 bits per heavy atom. The maximum absolute atomic E-state index is 13.9. The third-order valence-electron chi connectivity index (χ3n) is 4.43. The molecule has 2 heterocycles. The molecule has 122 valence electrons. The Morgan fingerprint density at radius 1 is 1.33 bits per heavy atom. The minimum Gasteiger partial charge on any atom is -0.344 e. The van der Waals surface area contributed by atoms with Gasteiger partial charge in [-0.15, -0.1) is 0 Å². The second-order valence-electron chi connectivity index (χ2n) is 6.13. The number of aromatic nitrogens is 3. The van der Waals surface area contributed by atoms with Crippen LogP contribution in [0.3, 0.4) is 0 Å². The fourth-order valence-electron chi connectivity index (χ4n) is 3.09. The van der Waals surface area contributed by atoms with Crippen molar-refractivity contribution in [1.82, 2.24) is 19.9 Å². The molecule has 3 aromatic rings. The van der Waals surface area contributed by atoms with E-state index in [-0.39, 0.29) is 18.0 Å². The summed E-state index contributed by atoms with van der Waals surface area (Å²) in [5.41, 5.74) is 2.15. The third-order valence-corrected chi connectivity index (χ3v) is 4.43. The van der Waals surface area contributed by atoms with Gasteiger partial charge < -0.3 is 9.88 Å². The van der Waals surface area contributed by atoms with Gasteiger partial charge in [-0.1, -0.05) is 6.07 Å². The standard InChI is InChI=1S/C18H17FN4O/c1-11(15-4-2-3-7-20-15)23(13-5-6-13)18(24)14-8-12(19)9-16-17(14)22-10-21-16/h2-4,7-11,13H,5-6H2,1H3,(H,21,22). The van der Waals surface area contributed by atoms with Gasteiger partial charge in [-0.3, -0.25) is 9.78 Å². The molecule has 1 N–H and O–H groups in total. The predicted molar refractivity (Wildman–Crippen MR) is 87.9 cm³/mol. The quantitative estimate of drug-likeness (QED) is 0.799. The molecule has 0 radical (unpaired) electrons. The molecule has 4 rings (SSSR count). The highest BCUT2D eigenvalue weighted by atomic mass is 19.1. The Bertz CT molecular complexity index is 888. The number of fused-ring (bicyclic) bond motifs is 1. The van der Waals surface area contributed by atoms with Crippen LogP contribution >= 0.6 is 0 Å². The molecule has 1 saturated carbocycles. The van der Waals surface area contributed by atoms with Crippen LogP contribution in [0.25, 0.3) is 11.0 Å². The first kappa shape index (κ1) is 14.8. The van der Waals surface area contributed by atoms with Crippen molar-refractivity contribution in [3.8, 4) is 0 Å². The number of nitrogens with zero attached hydrogens (tertiary/aromatic N) is 3. The number of hydrogen-bond donors (Lipinski definition) is 1. The summed E-state index contributed by atoms with van der Waals surface area (Å²) in [6.45, 7) is 1.96. The number of halogens is 1. The largest absolute Gasteiger partial charge is 0.344 e. The number of rotatable bonds is 4. The Labute approximate surface area is 138 Å². The maximum Gasteiger partial charge on any atom is 0.257 e. The molecule has 0 bridgehead atoms. The van der Waals surface area contributed by atoms with Crippen LogP contribution in [0, 0.1) is 5.82 Å². The first-order valence-electron chi connectivity index (χ1n) is 8.01. The molecule has 0 saturated heterocycles. The first-order chi connectivity index (χ1) is 11.6. The average Bonchev–Trinajstić information content (AvgIpc) is 3.31. The van der Waals surface area contributed by atoms with Crippen molar-refractivity contribution in [1.29, 1.82) is 0 Å². The number of pyridine rings is 1. The zero-order valence-corrected chi connectivity index (χ0v) is 13.2. The zero-order valence-electron chi connectivity index (χ0n) is 13.2. The van der Waals surface area contributed by atoms with E-state index >= 15 is 0 Å². The average molecular weight is 324 g/mol. The molecule has 0 aliphatic heterocycles. The fourth-order valence-corrected chi connectivity index (χ4v) is 3.09. The number of nitrogens with one attached hydrogen (secondary N) is 1. The highest BCUT2D eigenvalue weighted by molar-refractivity contribution is 6.05. The summed E-state index contributed by atoms with van der Waals surface area (Å²) >= 11 is 0. The summed E-state index contributed by atoms with van der Waals surface area (Å²) in [6.07, 6.45) is 5.11. The van der Waals surface area contributed by atoms with E-state index in [1.165, 1.54) is 18.5 Å². The molecule has 1 unspecified atom stereocenters. The number of amides is 1. The van der Waals surface area contributed by atoms with E-state index in [1.54, 1.807) is 6.20 Å². The molecular formula is C18H17FN4O. The molecule has 1 amide bonds. The van der Waals surface area contributed by atoms with Crippen LogP contribution in [0.5, 0.6) is 0 Å². The van der Waals surface area contributed by atoms with Crippen LogP contribution in [-0.2, 0) is 0 Å². The van der Waals surface area contributed by atoms with Gasteiger partial charge >= 0.3 is 0 Å². The van der Waals surface area contributed by atoms with Crippen LogP contribution in [0.1, 0.15) is 41.9 Å². The summed E-state index contributed by atoms with van der Waals surface area (Å²) in [5, 5.41) is 0. The van der Waals surface area contributed by atoms with E-state index in [4.69, 9.17) is 0 Å². The van der Waals surface area contributed by atoms with Gasteiger partial charge in [-0.25, -0.2) is 9.37 Å². The lowest BCUT2D eigenvalue weighted by atomic mass is 10.1. The lowest BCUT2D eigenvalue weighted by Crippen LogP contribution is -2.36. The molecular weight excluding hydrogens is 307 g/mol. The van der Waals surface area contributed by atoms with E-state index in [2.05, 4.69) is 15.0 Å². The molecule has 0 spiro atoms. The topological polar surface area (TPSA) is 61.9 Å². The maximum atomic E-state index is 13.9. The molecule has 1 fully saturated rings. The number of carbonyl (C=O) groups is 1. The van der Waals surface area contributed by atoms with E-state index in [9.17, 15) is 9.18 Å². The highest BCUT2D eigenvalue weighted by Gasteiger charge is 2.38. The van der Waals surface area contributed by atoms with Gasteiger partial charge in [0.05, 0.1) is 29.1 Å². The van der Waals surface area contributed by atoms with E-state index in [1.807, 2.05) is 30.0 Å². The minimum atomic E-state index is -0.448. The third kappa shape index (κ3) is 2.54. The van der Waals surface area contributed by atoms with Crippen molar-refractivity contribution < 1.29 is 9.18 Å². The molecule has 5 nitrogen and oxygen atoms in total. The molecule has 1 aliphatic rings. The van der Waals surface area contributed by atoms with Crippen molar-refractivity contribution >= 4 is 16.9 Å². The second-order valence-corrected chi connectivity index (χ2v) is 6.13. The van der Waals surface area contributed by atoms with Gasteiger partial charge in [0.25, 0.3) is 5.91 Å². The smallest absolute Gasteiger partial charge is 0.257 e. The molecule has 24 heavy (non-hydrogen) atoms. The van der Waals surface area contributed by atoms with E-state index in [0.29, 0.717) is 16.6 Å². The van der Waals surface area contributed by atoms with Crippen molar-refractivity contribution in [3.05, 3.63) is 59.9 Å². The molecule has 1 atom stereocenters. The fraction of sp³-hybridized carbons (Fsp3) is 0.278. The Morgan fingerprint density at radius 3 is 2.88 bits per heavy atom. The van der Waals surface area contributed by atoms with Gasteiger partial charge in [-0.05, 0) is 44.0 Å². The summed E-state index contributed by atoms with van der Waals surface area (Å²) in [4.78, 5) is 26.4. The molecule has 6 heteroatoms. The van der Waals surface area contributed by atoms with Crippen LogP contribution in [0.4, 0.5) is 4.39 Å². The summed E-state index contributed by atoms with van der Waals surface area (Å²) in [5.74, 6) is -0.649. The molecule has 2 aromatic heterocycles. The van der Waals surface area contributed by atoms with E-state index < -0.39 is 5.82 Å². The SMILES string of the molecule is CC(c1ccccn1)N(C(=O)c1cc(F)cc2[nH]cnc12)C1CC1. The molecule has 1 aromatic carbocycles. The van der Waals surface area contributed by atoms with Crippen molar-refractivity contribution in [3.63, 3.8) is 0 Å². The van der Waals surface area contributed by atoms with E-state index in [0.717, 1.165) is 18.5 Å². The number of benzene rings is 1. The zero-order chi connectivity index (χ0) is 16.7. The lowest BCUT2D eigenvalue weighted by molar-refractivity contribution is 0.0671. The van der Waals surface area contributed by atoms with Crippen molar-refractivity contribution in [2.45, 2.75) is 31.8 Å².